The number of benzene rings is 1. The van der Waals surface area contributed by atoms with Gasteiger partial charge in [0.2, 0.25) is 0 Å². The molecule has 3 nitrogen and oxygen atoms in total. The van der Waals surface area contributed by atoms with Crippen LogP contribution in [0.4, 0.5) is 0 Å². The Hall–Kier alpha value is -1.61. The molecule has 0 fully saturated rings. The van der Waals surface area contributed by atoms with Gasteiger partial charge in [-0.3, -0.25) is 4.79 Å². The molecule has 1 aromatic carbocycles. The monoisotopic (exact) mass is 272 g/mol. The van der Waals surface area contributed by atoms with Crippen molar-refractivity contribution >= 4 is 10.9 Å². The van der Waals surface area contributed by atoms with Gasteiger partial charge < -0.3 is 10.3 Å². The van der Waals surface area contributed by atoms with Crippen LogP contribution in [0.2, 0.25) is 0 Å². The van der Waals surface area contributed by atoms with Crippen LogP contribution < -0.4 is 10.9 Å². The van der Waals surface area contributed by atoms with E-state index in [2.05, 4.69) is 31.1 Å². The van der Waals surface area contributed by atoms with Crippen molar-refractivity contribution in [2.75, 3.05) is 0 Å². The molecule has 0 aliphatic heterocycles. The highest BCUT2D eigenvalue weighted by Crippen LogP contribution is 2.12. The molecule has 1 heterocycles. The highest BCUT2D eigenvalue weighted by Gasteiger charge is 2.08. The zero-order valence-electron chi connectivity index (χ0n) is 12.6. The summed E-state index contributed by atoms with van der Waals surface area (Å²) in [6.45, 7) is 7.28. The second kappa shape index (κ2) is 6.71. The van der Waals surface area contributed by atoms with E-state index in [1.165, 1.54) is 6.42 Å². The molecule has 2 N–H and O–H groups in total. The molecule has 3 heteroatoms. The molecule has 20 heavy (non-hydrogen) atoms. The number of hydrogen-bond acceptors (Lipinski definition) is 2. The molecular formula is C17H24N2O. The van der Waals surface area contributed by atoms with Crippen LogP contribution in [0.3, 0.4) is 0 Å². The van der Waals surface area contributed by atoms with Gasteiger partial charge in [0.05, 0.1) is 0 Å². The molecule has 1 aromatic heterocycles. The van der Waals surface area contributed by atoms with Crippen LogP contribution in [0.5, 0.6) is 0 Å². The van der Waals surface area contributed by atoms with E-state index in [1.54, 1.807) is 0 Å². The third-order valence-electron chi connectivity index (χ3n) is 3.92. The molecule has 0 spiro atoms. The second-order valence-electron chi connectivity index (χ2n) is 5.74. The smallest absolute Gasteiger partial charge is 0.252 e. The Balaban J connectivity index is 2.06. The van der Waals surface area contributed by atoms with Crippen molar-refractivity contribution in [2.45, 2.75) is 46.2 Å². The normalized spacial score (nSPS) is 14.3. The van der Waals surface area contributed by atoms with E-state index in [0.29, 0.717) is 18.5 Å². The lowest BCUT2D eigenvalue weighted by Gasteiger charge is -2.17. The number of H-pyrrole nitrogens is 1. The van der Waals surface area contributed by atoms with E-state index in [0.717, 1.165) is 22.9 Å². The lowest BCUT2D eigenvalue weighted by Crippen LogP contribution is -2.29. The Labute approximate surface area is 120 Å². The highest BCUT2D eigenvalue weighted by atomic mass is 16.1. The first-order valence-electron chi connectivity index (χ1n) is 7.44. The Morgan fingerprint density at radius 3 is 2.75 bits per heavy atom. The maximum atomic E-state index is 12.0. The molecule has 2 atom stereocenters. The van der Waals surface area contributed by atoms with Crippen LogP contribution in [0.1, 0.15) is 39.2 Å². The predicted molar refractivity (Wildman–Crippen MR) is 84.9 cm³/mol. The number of para-hydroxylation sites is 1. The molecule has 0 aliphatic carbocycles. The van der Waals surface area contributed by atoms with Gasteiger partial charge in [-0.15, -0.1) is 0 Å². The van der Waals surface area contributed by atoms with E-state index in [4.69, 9.17) is 0 Å². The second-order valence-corrected chi connectivity index (χ2v) is 5.74. The number of pyridine rings is 1. The fraction of sp³-hybridized carbons (Fsp3) is 0.471. The number of aromatic amines is 1. The molecule has 0 saturated heterocycles. The maximum absolute atomic E-state index is 12.0. The predicted octanol–water partition coefficient (Wildman–Crippen LogP) is 3.44. The van der Waals surface area contributed by atoms with Gasteiger partial charge in [-0.25, -0.2) is 0 Å². The van der Waals surface area contributed by atoms with E-state index in [-0.39, 0.29) is 5.56 Å². The van der Waals surface area contributed by atoms with Gasteiger partial charge >= 0.3 is 0 Å². The van der Waals surface area contributed by atoms with Crippen LogP contribution in [0, 0.1) is 5.92 Å². The molecule has 2 unspecified atom stereocenters. The SMILES string of the molecule is CCC(C)CC(C)NCc1cc2ccccc2[nH]c1=O. The van der Waals surface area contributed by atoms with E-state index in [9.17, 15) is 4.79 Å². The number of rotatable bonds is 6. The summed E-state index contributed by atoms with van der Waals surface area (Å²) in [5.74, 6) is 0.715. The van der Waals surface area contributed by atoms with Gasteiger partial charge in [0, 0.05) is 23.7 Å². The standard InChI is InChI=1S/C17H24N2O/c1-4-12(2)9-13(3)18-11-15-10-14-7-5-6-8-16(14)19-17(15)20/h5-8,10,12-13,18H,4,9,11H2,1-3H3,(H,19,20). The topological polar surface area (TPSA) is 44.9 Å². The van der Waals surface area contributed by atoms with E-state index < -0.39 is 0 Å². The zero-order valence-corrected chi connectivity index (χ0v) is 12.6. The number of hydrogen-bond donors (Lipinski definition) is 2. The van der Waals surface area contributed by atoms with Crippen LogP contribution in [0.25, 0.3) is 10.9 Å². The van der Waals surface area contributed by atoms with Crippen LogP contribution in [0.15, 0.2) is 35.1 Å². The van der Waals surface area contributed by atoms with Crippen LogP contribution in [-0.2, 0) is 6.54 Å². The summed E-state index contributed by atoms with van der Waals surface area (Å²) in [7, 11) is 0. The number of fused-ring (bicyclic) bond motifs is 1. The van der Waals surface area contributed by atoms with Crippen LogP contribution >= 0.6 is 0 Å². The minimum Gasteiger partial charge on any atom is -0.322 e. The van der Waals surface area contributed by atoms with Gasteiger partial charge in [-0.2, -0.15) is 0 Å². The van der Waals surface area contributed by atoms with E-state index in [1.807, 2.05) is 30.3 Å². The summed E-state index contributed by atoms with van der Waals surface area (Å²) in [5.41, 5.74) is 1.71. The van der Waals surface area contributed by atoms with Gasteiger partial charge in [-0.1, -0.05) is 38.5 Å². The molecule has 0 aliphatic rings. The lowest BCUT2D eigenvalue weighted by atomic mass is 10.0. The quantitative estimate of drug-likeness (QED) is 0.846. The fourth-order valence-electron chi connectivity index (χ4n) is 2.46. The zero-order chi connectivity index (χ0) is 14.5. The molecule has 108 valence electrons. The highest BCUT2D eigenvalue weighted by molar-refractivity contribution is 5.78. The molecule has 0 radical (unpaired) electrons. The summed E-state index contributed by atoms with van der Waals surface area (Å²) >= 11 is 0. The average Bonchev–Trinajstić information content (AvgIpc) is 2.44. The fourth-order valence-corrected chi connectivity index (χ4v) is 2.46. The maximum Gasteiger partial charge on any atom is 0.252 e. The first kappa shape index (κ1) is 14.8. The molecule has 2 rings (SSSR count). The van der Waals surface area contributed by atoms with Crippen molar-refractivity contribution in [2.24, 2.45) is 5.92 Å². The van der Waals surface area contributed by atoms with Gasteiger partial charge in [0.1, 0.15) is 0 Å². The van der Waals surface area contributed by atoms with Gasteiger partial charge in [-0.05, 0) is 36.8 Å². The first-order chi connectivity index (χ1) is 9.60. The average molecular weight is 272 g/mol. The van der Waals surface area contributed by atoms with Crippen molar-refractivity contribution < 1.29 is 0 Å². The Morgan fingerprint density at radius 1 is 1.25 bits per heavy atom. The Bertz CT molecular complexity index is 618. The van der Waals surface area contributed by atoms with Crippen molar-refractivity contribution in [3.8, 4) is 0 Å². The van der Waals surface area contributed by atoms with E-state index >= 15 is 0 Å². The Morgan fingerprint density at radius 2 is 2.00 bits per heavy atom. The lowest BCUT2D eigenvalue weighted by molar-refractivity contribution is 0.411. The molecule has 0 amide bonds. The first-order valence-corrected chi connectivity index (χ1v) is 7.44. The molecular weight excluding hydrogens is 248 g/mol. The van der Waals surface area contributed by atoms with Crippen molar-refractivity contribution in [3.05, 3.63) is 46.2 Å². The molecule has 0 saturated carbocycles. The molecule has 2 aromatic rings. The van der Waals surface area contributed by atoms with Crippen molar-refractivity contribution in [1.29, 1.82) is 0 Å². The largest absolute Gasteiger partial charge is 0.322 e. The number of nitrogens with one attached hydrogen (secondary N) is 2. The minimum atomic E-state index is 0.00643. The third kappa shape index (κ3) is 3.70. The summed E-state index contributed by atoms with van der Waals surface area (Å²) in [6.07, 6.45) is 2.34. The Kier molecular flexibility index (Phi) is 4.96. The third-order valence-corrected chi connectivity index (χ3v) is 3.92. The summed E-state index contributed by atoms with van der Waals surface area (Å²) in [5, 5.41) is 4.53. The number of aromatic nitrogens is 1. The van der Waals surface area contributed by atoms with Crippen molar-refractivity contribution in [3.63, 3.8) is 0 Å². The molecule has 0 bridgehead atoms. The van der Waals surface area contributed by atoms with Gasteiger partial charge in [0.15, 0.2) is 0 Å². The van der Waals surface area contributed by atoms with Crippen molar-refractivity contribution in [1.82, 2.24) is 10.3 Å². The van der Waals surface area contributed by atoms with Crippen LogP contribution in [-0.4, -0.2) is 11.0 Å². The van der Waals surface area contributed by atoms with Gasteiger partial charge in [0.25, 0.3) is 5.56 Å². The summed E-state index contributed by atoms with van der Waals surface area (Å²) in [6, 6.07) is 10.3. The minimum absolute atomic E-state index is 0.00643. The summed E-state index contributed by atoms with van der Waals surface area (Å²) in [4.78, 5) is 15.0. The summed E-state index contributed by atoms with van der Waals surface area (Å²) < 4.78 is 0.